The standard InChI is InChI=1S/C11H15BrN2O2.ClH/c1-7-5-9(12)16-10(7)11(15)14-4-3-13-6-8(14)2;/h5,8,13H,3-4,6H2,1-2H3;1H/t8-;/m1./s1. The van der Waals surface area contributed by atoms with E-state index in [-0.39, 0.29) is 24.4 Å². The van der Waals surface area contributed by atoms with Crippen LogP contribution in [0.25, 0.3) is 0 Å². The Morgan fingerprint density at radius 2 is 2.35 bits per heavy atom. The van der Waals surface area contributed by atoms with Crippen LogP contribution in [0.1, 0.15) is 23.0 Å². The third-order valence-electron chi connectivity index (χ3n) is 2.84. The van der Waals surface area contributed by atoms with Crippen molar-refractivity contribution in [2.24, 2.45) is 0 Å². The van der Waals surface area contributed by atoms with Crippen molar-refractivity contribution in [1.29, 1.82) is 0 Å². The summed E-state index contributed by atoms with van der Waals surface area (Å²) in [6.07, 6.45) is 0. The molecule has 2 rings (SSSR count). The van der Waals surface area contributed by atoms with Crippen LogP contribution in [0, 0.1) is 6.92 Å². The summed E-state index contributed by atoms with van der Waals surface area (Å²) in [5, 5.41) is 3.26. The summed E-state index contributed by atoms with van der Waals surface area (Å²) in [6.45, 7) is 6.34. The van der Waals surface area contributed by atoms with Gasteiger partial charge in [-0.2, -0.15) is 0 Å². The lowest BCUT2D eigenvalue weighted by molar-refractivity contribution is 0.0620. The quantitative estimate of drug-likeness (QED) is 0.862. The van der Waals surface area contributed by atoms with Crippen molar-refractivity contribution in [3.63, 3.8) is 0 Å². The molecule has 1 aromatic heterocycles. The fraction of sp³-hybridized carbons (Fsp3) is 0.545. The zero-order valence-electron chi connectivity index (χ0n) is 9.83. The second-order valence-electron chi connectivity index (χ2n) is 4.11. The number of amides is 1. The highest BCUT2D eigenvalue weighted by Gasteiger charge is 2.27. The van der Waals surface area contributed by atoms with Gasteiger partial charge in [0, 0.05) is 31.2 Å². The van der Waals surface area contributed by atoms with E-state index in [0.29, 0.717) is 10.4 Å². The minimum atomic E-state index is -0.0165. The predicted molar refractivity (Wildman–Crippen MR) is 71.8 cm³/mol. The Labute approximate surface area is 115 Å². The minimum absolute atomic E-state index is 0. The first-order chi connectivity index (χ1) is 7.59. The molecule has 1 atom stereocenters. The maximum absolute atomic E-state index is 12.2. The van der Waals surface area contributed by atoms with E-state index in [1.54, 1.807) is 0 Å². The molecular formula is C11H16BrClN2O2. The summed E-state index contributed by atoms with van der Waals surface area (Å²) in [5.74, 6) is 0.429. The predicted octanol–water partition coefficient (Wildman–Crippen LogP) is 2.21. The lowest BCUT2D eigenvalue weighted by atomic mass is 10.2. The highest BCUT2D eigenvalue weighted by atomic mass is 79.9. The molecule has 1 aromatic rings. The van der Waals surface area contributed by atoms with E-state index in [0.717, 1.165) is 25.2 Å². The van der Waals surface area contributed by atoms with Gasteiger partial charge in [-0.1, -0.05) is 0 Å². The first-order valence-electron chi connectivity index (χ1n) is 5.37. The number of rotatable bonds is 1. The van der Waals surface area contributed by atoms with Crippen molar-refractivity contribution in [2.45, 2.75) is 19.9 Å². The van der Waals surface area contributed by atoms with Gasteiger partial charge in [0.15, 0.2) is 10.4 Å². The molecule has 0 unspecified atom stereocenters. The second kappa shape index (κ2) is 5.89. The maximum Gasteiger partial charge on any atom is 0.290 e. The number of nitrogens with one attached hydrogen (secondary N) is 1. The number of halogens is 2. The van der Waals surface area contributed by atoms with Crippen LogP contribution in [0.3, 0.4) is 0 Å². The Balaban J connectivity index is 0.00000144. The highest BCUT2D eigenvalue weighted by molar-refractivity contribution is 9.10. The van der Waals surface area contributed by atoms with Gasteiger partial charge in [0.2, 0.25) is 0 Å². The SMILES string of the molecule is Cc1cc(Br)oc1C(=O)N1CCNC[C@H]1C.Cl. The molecule has 0 aromatic carbocycles. The maximum atomic E-state index is 12.2. The third-order valence-corrected chi connectivity index (χ3v) is 3.23. The monoisotopic (exact) mass is 322 g/mol. The van der Waals surface area contributed by atoms with Gasteiger partial charge in [0.05, 0.1) is 0 Å². The normalized spacial score (nSPS) is 19.9. The lowest BCUT2D eigenvalue weighted by Crippen LogP contribution is -2.52. The summed E-state index contributed by atoms with van der Waals surface area (Å²) in [4.78, 5) is 14.1. The van der Waals surface area contributed by atoms with Crippen LogP contribution in [0.2, 0.25) is 0 Å². The van der Waals surface area contributed by atoms with E-state index < -0.39 is 0 Å². The fourth-order valence-electron chi connectivity index (χ4n) is 1.93. The number of furan rings is 1. The van der Waals surface area contributed by atoms with Crippen LogP contribution in [0.5, 0.6) is 0 Å². The summed E-state index contributed by atoms with van der Waals surface area (Å²) >= 11 is 3.24. The fourth-order valence-corrected chi connectivity index (χ4v) is 2.43. The molecule has 96 valence electrons. The summed E-state index contributed by atoms with van der Waals surface area (Å²) in [7, 11) is 0. The van der Waals surface area contributed by atoms with E-state index in [9.17, 15) is 4.79 Å². The van der Waals surface area contributed by atoms with E-state index >= 15 is 0 Å². The average molecular weight is 324 g/mol. The highest BCUT2D eigenvalue weighted by Crippen LogP contribution is 2.22. The van der Waals surface area contributed by atoms with Crippen molar-refractivity contribution < 1.29 is 9.21 Å². The van der Waals surface area contributed by atoms with Gasteiger partial charge in [0.25, 0.3) is 5.91 Å². The Morgan fingerprint density at radius 3 is 2.88 bits per heavy atom. The molecule has 1 N–H and O–H groups in total. The molecule has 1 saturated heterocycles. The largest absolute Gasteiger partial charge is 0.444 e. The summed E-state index contributed by atoms with van der Waals surface area (Å²) < 4.78 is 5.99. The van der Waals surface area contributed by atoms with Gasteiger partial charge in [-0.05, 0) is 35.8 Å². The average Bonchev–Trinajstić information content (AvgIpc) is 2.58. The number of piperazine rings is 1. The second-order valence-corrected chi connectivity index (χ2v) is 4.90. The molecule has 4 nitrogen and oxygen atoms in total. The number of nitrogens with zero attached hydrogens (tertiary/aromatic N) is 1. The molecule has 0 spiro atoms. The molecule has 2 heterocycles. The van der Waals surface area contributed by atoms with Crippen molar-refractivity contribution in [3.05, 3.63) is 22.1 Å². The van der Waals surface area contributed by atoms with Crippen LogP contribution in [-0.4, -0.2) is 36.5 Å². The van der Waals surface area contributed by atoms with Crippen LogP contribution in [0.4, 0.5) is 0 Å². The molecule has 0 radical (unpaired) electrons. The molecule has 1 fully saturated rings. The number of carbonyl (C=O) groups excluding carboxylic acids is 1. The van der Waals surface area contributed by atoms with E-state index in [4.69, 9.17) is 4.42 Å². The van der Waals surface area contributed by atoms with Gasteiger partial charge >= 0.3 is 0 Å². The summed E-state index contributed by atoms with van der Waals surface area (Å²) in [5.41, 5.74) is 0.877. The smallest absolute Gasteiger partial charge is 0.290 e. The summed E-state index contributed by atoms with van der Waals surface area (Å²) in [6, 6.07) is 2.03. The van der Waals surface area contributed by atoms with Crippen LogP contribution in [-0.2, 0) is 0 Å². The molecule has 0 bridgehead atoms. The zero-order chi connectivity index (χ0) is 11.7. The topological polar surface area (TPSA) is 45.5 Å². The minimum Gasteiger partial charge on any atom is -0.444 e. The third kappa shape index (κ3) is 3.03. The first kappa shape index (κ1) is 14.5. The van der Waals surface area contributed by atoms with E-state index in [1.165, 1.54) is 0 Å². The molecule has 1 aliphatic heterocycles. The van der Waals surface area contributed by atoms with Crippen LogP contribution in [0.15, 0.2) is 15.2 Å². The van der Waals surface area contributed by atoms with Crippen molar-refractivity contribution in [2.75, 3.05) is 19.6 Å². The molecule has 1 amide bonds. The molecule has 17 heavy (non-hydrogen) atoms. The van der Waals surface area contributed by atoms with E-state index in [2.05, 4.69) is 21.2 Å². The molecule has 6 heteroatoms. The Hall–Kier alpha value is -0.520. The van der Waals surface area contributed by atoms with Gasteiger partial charge in [0.1, 0.15) is 0 Å². The van der Waals surface area contributed by atoms with Crippen molar-refractivity contribution in [1.82, 2.24) is 10.2 Å². The molecular weight excluding hydrogens is 307 g/mol. The van der Waals surface area contributed by atoms with Gasteiger partial charge in [-0.15, -0.1) is 12.4 Å². The zero-order valence-corrected chi connectivity index (χ0v) is 12.2. The molecule has 0 saturated carbocycles. The van der Waals surface area contributed by atoms with Crippen LogP contribution < -0.4 is 5.32 Å². The molecule has 1 aliphatic rings. The molecule has 0 aliphatic carbocycles. The van der Waals surface area contributed by atoms with Crippen molar-refractivity contribution >= 4 is 34.2 Å². The van der Waals surface area contributed by atoms with Crippen LogP contribution >= 0.6 is 28.3 Å². The van der Waals surface area contributed by atoms with Crippen molar-refractivity contribution in [3.8, 4) is 0 Å². The van der Waals surface area contributed by atoms with Gasteiger partial charge < -0.3 is 14.6 Å². The number of aryl methyl sites for hydroxylation is 1. The Bertz CT molecular complexity index is 408. The number of hydrogen-bond donors (Lipinski definition) is 1. The number of hydrogen-bond acceptors (Lipinski definition) is 3. The Morgan fingerprint density at radius 1 is 1.65 bits per heavy atom. The number of carbonyl (C=O) groups is 1. The lowest BCUT2D eigenvalue weighted by Gasteiger charge is -2.33. The first-order valence-corrected chi connectivity index (χ1v) is 6.16. The van der Waals surface area contributed by atoms with Gasteiger partial charge in [-0.25, -0.2) is 0 Å². The van der Waals surface area contributed by atoms with Gasteiger partial charge in [-0.3, -0.25) is 4.79 Å². The van der Waals surface area contributed by atoms with E-state index in [1.807, 2.05) is 24.8 Å². The Kier molecular flexibility index (Phi) is 5.04.